The van der Waals surface area contributed by atoms with Gasteiger partial charge >= 0.3 is 0 Å². The molecule has 15 heavy (non-hydrogen) atoms. The Morgan fingerprint density at radius 3 is 2.73 bits per heavy atom. The van der Waals surface area contributed by atoms with Gasteiger partial charge in [-0.2, -0.15) is 8.75 Å². The molecular formula is C9H7Cl2N3S. The van der Waals surface area contributed by atoms with Crippen molar-refractivity contribution in [3.8, 4) is 0 Å². The summed E-state index contributed by atoms with van der Waals surface area (Å²) in [6.45, 7) is 1.98. The molecule has 0 saturated carbocycles. The lowest BCUT2D eigenvalue weighted by atomic mass is 10.2. The fourth-order valence-electron chi connectivity index (χ4n) is 1.11. The quantitative estimate of drug-likeness (QED) is 0.889. The van der Waals surface area contributed by atoms with Gasteiger partial charge in [0.25, 0.3) is 0 Å². The van der Waals surface area contributed by atoms with Gasteiger partial charge in [0, 0.05) is 10.7 Å². The van der Waals surface area contributed by atoms with Crippen LogP contribution in [0.4, 0.5) is 11.5 Å². The maximum atomic E-state index is 5.89. The minimum absolute atomic E-state index is 0.374. The van der Waals surface area contributed by atoms with Crippen molar-refractivity contribution in [1.82, 2.24) is 8.75 Å². The van der Waals surface area contributed by atoms with Gasteiger partial charge in [-0.3, -0.25) is 0 Å². The second-order valence-electron chi connectivity index (χ2n) is 2.99. The number of nitrogens with zero attached hydrogens (tertiary/aromatic N) is 2. The van der Waals surface area contributed by atoms with Crippen LogP contribution >= 0.6 is 34.9 Å². The Hall–Kier alpha value is -0.840. The highest BCUT2D eigenvalue weighted by Gasteiger charge is 2.07. The van der Waals surface area contributed by atoms with E-state index < -0.39 is 0 Å². The molecular weight excluding hydrogens is 253 g/mol. The molecule has 0 aliphatic heterocycles. The molecule has 0 fully saturated rings. The SMILES string of the molecule is Cc1ccc(Cl)cc1Nc1nsnc1Cl. The van der Waals surface area contributed by atoms with Gasteiger partial charge in [-0.1, -0.05) is 29.3 Å². The van der Waals surface area contributed by atoms with Gasteiger partial charge in [0.05, 0.1) is 11.7 Å². The van der Waals surface area contributed by atoms with Crippen molar-refractivity contribution in [2.45, 2.75) is 6.92 Å². The molecule has 6 heteroatoms. The Morgan fingerprint density at radius 2 is 2.07 bits per heavy atom. The zero-order valence-electron chi connectivity index (χ0n) is 7.79. The summed E-state index contributed by atoms with van der Waals surface area (Å²) in [5.41, 5.74) is 1.96. The third kappa shape index (κ3) is 2.40. The monoisotopic (exact) mass is 259 g/mol. The van der Waals surface area contributed by atoms with Crippen LogP contribution in [0.2, 0.25) is 10.2 Å². The Bertz CT molecular complexity index is 484. The van der Waals surface area contributed by atoms with Crippen LogP contribution in [-0.4, -0.2) is 8.75 Å². The Morgan fingerprint density at radius 1 is 1.27 bits per heavy atom. The van der Waals surface area contributed by atoms with E-state index in [1.807, 2.05) is 25.1 Å². The number of halogens is 2. The number of hydrogen-bond donors (Lipinski definition) is 1. The third-order valence-electron chi connectivity index (χ3n) is 1.90. The second-order valence-corrected chi connectivity index (χ2v) is 4.31. The summed E-state index contributed by atoms with van der Waals surface area (Å²) < 4.78 is 7.89. The summed E-state index contributed by atoms with van der Waals surface area (Å²) in [7, 11) is 0. The minimum Gasteiger partial charge on any atom is -0.336 e. The van der Waals surface area contributed by atoms with Crippen molar-refractivity contribution in [2.75, 3.05) is 5.32 Å². The lowest BCUT2D eigenvalue weighted by Gasteiger charge is -2.06. The van der Waals surface area contributed by atoms with Gasteiger partial charge in [-0.05, 0) is 24.6 Å². The zero-order valence-corrected chi connectivity index (χ0v) is 10.1. The van der Waals surface area contributed by atoms with Crippen LogP contribution in [0.1, 0.15) is 5.56 Å². The molecule has 2 aromatic rings. The summed E-state index contributed by atoms with van der Waals surface area (Å²) in [5, 5.41) is 4.13. The molecule has 0 saturated heterocycles. The minimum atomic E-state index is 0.374. The standard InChI is InChI=1S/C9H7Cl2N3S/c1-5-2-3-6(10)4-7(5)12-9-8(11)13-15-14-9/h2-4H,1H3,(H,12,14). The Kier molecular flexibility index (Phi) is 3.09. The van der Waals surface area contributed by atoms with E-state index in [4.69, 9.17) is 23.2 Å². The lowest BCUT2D eigenvalue weighted by Crippen LogP contribution is -1.93. The van der Waals surface area contributed by atoms with Gasteiger partial charge in [0.15, 0.2) is 11.0 Å². The molecule has 0 aliphatic carbocycles. The van der Waals surface area contributed by atoms with E-state index in [9.17, 15) is 0 Å². The fourth-order valence-corrected chi connectivity index (χ4v) is 1.93. The smallest absolute Gasteiger partial charge is 0.187 e. The van der Waals surface area contributed by atoms with Crippen molar-refractivity contribution >= 4 is 46.4 Å². The number of rotatable bonds is 2. The maximum absolute atomic E-state index is 5.89. The summed E-state index contributed by atoms with van der Waals surface area (Å²) in [6.07, 6.45) is 0. The fraction of sp³-hybridized carbons (Fsp3) is 0.111. The zero-order chi connectivity index (χ0) is 10.8. The third-order valence-corrected chi connectivity index (χ3v) is 3.03. The predicted molar refractivity (Wildman–Crippen MR) is 64.4 cm³/mol. The average molecular weight is 260 g/mol. The first-order valence-electron chi connectivity index (χ1n) is 4.18. The number of aromatic nitrogens is 2. The summed E-state index contributed by atoms with van der Waals surface area (Å²) in [4.78, 5) is 0. The van der Waals surface area contributed by atoms with E-state index in [-0.39, 0.29) is 0 Å². The molecule has 0 atom stereocenters. The first-order chi connectivity index (χ1) is 7.16. The first-order valence-corrected chi connectivity index (χ1v) is 5.66. The molecule has 1 N–H and O–H groups in total. The summed E-state index contributed by atoms with van der Waals surface area (Å²) >= 11 is 12.8. The Labute approximate surface area is 101 Å². The van der Waals surface area contributed by atoms with Crippen molar-refractivity contribution in [2.24, 2.45) is 0 Å². The van der Waals surface area contributed by atoms with Crippen LogP contribution in [0.3, 0.4) is 0 Å². The topological polar surface area (TPSA) is 37.8 Å². The lowest BCUT2D eigenvalue weighted by molar-refractivity contribution is 1.39. The second kappa shape index (κ2) is 4.35. The van der Waals surface area contributed by atoms with Crippen LogP contribution < -0.4 is 5.32 Å². The normalized spacial score (nSPS) is 10.3. The number of nitrogens with one attached hydrogen (secondary N) is 1. The van der Waals surface area contributed by atoms with Gasteiger partial charge in [-0.15, -0.1) is 0 Å². The highest BCUT2D eigenvalue weighted by Crippen LogP contribution is 2.26. The van der Waals surface area contributed by atoms with Gasteiger partial charge in [0.1, 0.15) is 0 Å². The molecule has 1 aromatic carbocycles. The van der Waals surface area contributed by atoms with Crippen molar-refractivity contribution < 1.29 is 0 Å². The predicted octanol–water partition coefficient (Wildman–Crippen LogP) is 3.90. The number of aryl methyl sites for hydroxylation is 1. The molecule has 1 heterocycles. The molecule has 2 rings (SSSR count). The molecule has 0 radical (unpaired) electrons. The van der Waals surface area contributed by atoms with E-state index in [0.29, 0.717) is 16.0 Å². The van der Waals surface area contributed by atoms with Gasteiger partial charge < -0.3 is 5.32 Å². The molecule has 3 nitrogen and oxygen atoms in total. The van der Waals surface area contributed by atoms with Gasteiger partial charge in [0.2, 0.25) is 0 Å². The molecule has 0 bridgehead atoms. The number of benzene rings is 1. The highest BCUT2D eigenvalue weighted by molar-refractivity contribution is 6.99. The Balaban J connectivity index is 2.32. The molecule has 0 spiro atoms. The van der Waals surface area contributed by atoms with E-state index >= 15 is 0 Å². The van der Waals surface area contributed by atoms with Crippen LogP contribution in [0.25, 0.3) is 0 Å². The summed E-state index contributed by atoms with van der Waals surface area (Å²) in [5.74, 6) is 0.562. The average Bonchev–Trinajstić information content (AvgIpc) is 2.58. The van der Waals surface area contributed by atoms with Gasteiger partial charge in [-0.25, -0.2) is 0 Å². The van der Waals surface area contributed by atoms with E-state index in [2.05, 4.69) is 14.1 Å². The summed E-state index contributed by atoms with van der Waals surface area (Å²) in [6, 6.07) is 5.59. The molecule has 78 valence electrons. The van der Waals surface area contributed by atoms with Crippen LogP contribution in [0.15, 0.2) is 18.2 Å². The molecule has 1 aromatic heterocycles. The highest BCUT2D eigenvalue weighted by atomic mass is 35.5. The number of hydrogen-bond acceptors (Lipinski definition) is 4. The maximum Gasteiger partial charge on any atom is 0.187 e. The first kappa shape index (κ1) is 10.7. The van der Waals surface area contributed by atoms with Crippen LogP contribution in [-0.2, 0) is 0 Å². The van der Waals surface area contributed by atoms with Crippen LogP contribution in [0.5, 0.6) is 0 Å². The van der Waals surface area contributed by atoms with Crippen LogP contribution in [0, 0.1) is 6.92 Å². The van der Waals surface area contributed by atoms with E-state index in [1.165, 1.54) is 0 Å². The molecule has 0 aliphatic rings. The van der Waals surface area contributed by atoms with Crippen molar-refractivity contribution in [3.05, 3.63) is 33.9 Å². The molecule has 0 unspecified atom stereocenters. The molecule has 0 amide bonds. The van der Waals surface area contributed by atoms with Crippen molar-refractivity contribution in [1.29, 1.82) is 0 Å². The van der Waals surface area contributed by atoms with Crippen molar-refractivity contribution in [3.63, 3.8) is 0 Å². The van der Waals surface area contributed by atoms with E-state index in [0.717, 1.165) is 23.0 Å². The largest absolute Gasteiger partial charge is 0.336 e. The number of anilines is 2. The van der Waals surface area contributed by atoms with E-state index in [1.54, 1.807) is 0 Å².